The van der Waals surface area contributed by atoms with E-state index in [-0.39, 0.29) is 12.5 Å². The number of ether oxygens (including phenoxy) is 2. The third-order valence-electron chi connectivity index (χ3n) is 3.00. The monoisotopic (exact) mass is 249 g/mol. The molecule has 1 aliphatic rings. The van der Waals surface area contributed by atoms with Crippen LogP contribution in [0, 0.1) is 0 Å². The molecule has 0 aliphatic heterocycles. The summed E-state index contributed by atoms with van der Waals surface area (Å²) in [6.45, 7) is 0.0632. The van der Waals surface area contributed by atoms with Gasteiger partial charge in [0.2, 0.25) is 5.91 Å². The van der Waals surface area contributed by atoms with Gasteiger partial charge in [-0.05, 0) is 37.8 Å². The predicted octanol–water partition coefficient (Wildman–Crippen LogP) is 2.59. The summed E-state index contributed by atoms with van der Waals surface area (Å²) in [5.74, 6) is 0.660. The second-order valence-electron chi connectivity index (χ2n) is 4.53. The highest BCUT2D eigenvalue weighted by atomic mass is 16.5. The number of rotatable bonds is 5. The van der Waals surface area contributed by atoms with Crippen molar-refractivity contribution in [3.05, 3.63) is 24.3 Å². The Morgan fingerprint density at radius 1 is 1.39 bits per heavy atom. The van der Waals surface area contributed by atoms with Gasteiger partial charge >= 0.3 is 0 Å². The molecule has 4 nitrogen and oxygen atoms in total. The molecule has 1 aromatic rings. The molecule has 98 valence electrons. The standard InChI is InChI=1S/C14H19NO3/c1-17-10-14(16)15-11-5-4-8-13(9-11)18-12-6-2-3-7-12/h4-5,8-9,12H,2-3,6-7,10H2,1H3,(H,15,16). The van der Waals surface area contributed by atoms with Gasteiger partial charge in [-0.2, -0.15) is 0 Å². The summed E-state index contributed by atoms with van der Waals surface area (Å²) in [7, 11) is 1.50. The zero-order valence-electron chi connectivity index (χ0n) is 10.6. The van der Waals surface area contributed by atoms with Crippen LogP contribution in [0.25, 0.3) is 0 Å². The molecule has 2 rings (SSSR count). The van der Waals surface area contributed by atoms with Gasteiger partial charge in [0.05, 0.1) is 6.10 Å². The van der Waals surface area contributed by atoms with Gasteiger partial charge in [0.15, 0.2) is 0 Å². The van der Waals surface area contributed by atoms with E-state index in [4.69, 9.17) is 9.47 Å². The van der Waals surface area contributed by atoms with Crippen LogP contribution in [0.2, 0.25) is 0 Å². The molecule has 1 fully saturated rings. The van der Waals surface area contributed by atoms with E-state index in [1.807, 2.05) is 24.3 Å². The number of carbonyl (C=O) groups is 1. The fraction of sp³-hybridized carbons (Fsp3) is 0.500. The van der Waals surface area contributed by atoms with E-state index < -0.39 is 0 Å². The van der Waals surface area contributed by atoms with Crippen molar-refractivity contribution in [1.29, 1.82) is 0 Å². The van der Waals surface area contributed by atoms with Gasteiger partial charge in [0.1, 0.15) is 12.4 Å². The van der Waals surface area contributed by atoms with Crippen molar-refractivity contribution in [3.63, 3.8) is 0 Å². The lowest BCUT2D eigenvalue weighted by molar-refractivity contribution is -0.119. The highest BCUT2D eigenvalue weighted by Crippen LogP contribution is 2.25. The number of carbonyl (C=O) groups excluding carboxylic acids is 1. The highest BCUT2D eigenvalue weighted by molar-refractivity contribution is 5.91. The Labute approximate surface area is 107 Å². The Hall–Kier alpha value is -1.55. The van der Waals surface area contributed by atoms with Crippen molar-refractivity contribution < 1.29 is 14.3 Å². The van der Waals surface area contributed by atoms with Crippen LogP contribution in [0.5, 0.6) is 5.75 Å². The summed E-state index contributed by atoms with van der Waals surface area (Å²) in [5.41, 5.74) is 0.743. The molecule has 0 unspecified atom stereocenters. The van der Waals surface area contributed by atoms with E-state index in [9.17, 15) is 4.79 Å². The quantitative estimate of drug-likeness (QED) is 0.872. The van der Waals surface area contributed by atoms with E-state index in [0.717, 1.165) is 24.3 Å². The maximum Gasteiger partial charge on any atom is 0.250 e. The van der Waals surface area contributed by atoms with Crippen LogP contribution in [0.15, 0.2) is 24.3 Å². The van der Waals surface area contributed by atoms with Gasteiger partial charge in [0, 0.05) is 18.9 Å². The summed E-state index contributed by atoms with van der Waals surface area (Å²) >= 11 is 0. The molecule has 0 spiro atoms. The van der Waals surface area contributed by atoms with Gasteiger partial charge < -0.3 is 14.8 Å². The average molecular weight is 249 g/mol. The minimum atomic E-state index is -0.157. The van der Waals surface area contributed by atoms with Crippen LogP contribution in [-0.2, 0) is 9.53 Å². The zero-order chi connectivity index (χ0) is 12.8. The van der Waals surface area contributed by atoms with Gasteiger partial charge in [0.25, 0.3) is 0 Å². The second-order valence-corrected chi connectivity index (χ2v) is 4.53. The molecule has 0 radical (unpaired) electrons. The van der Waals surface area contributed by atoms with Crippen LogP contribution in [0.1, 0.15) is 25.7 Å². The molecule has 1 amide bonds. The SMILES string of the molecule is COCC(=O)Nc1cccc(OC2CCCC2)c1. The summed E-state index contributed by atoms with van der Waals surface area (Å²) in [6, 6.07) is 7.50. The Morgan fingerprint density at radius 2 is 2.17 bits per heavy atom. The number of methoxy groups -OCH3 is 1. The first-order valence-corrected chi connectivity index (χ1v) is 6.33. The summed E-state index contributed by atoms with van der Waals surface area (Å²) < 4.78 is 10.6. The van der Waals surface area contributed by atoms with Crippen LogP contribution >= 0.6 is 0 Å². The van der Waals surface area contributed by atoms with Gasteiger partial charge in [-0.25, -0.2) is 0 Å². The van der Waals surface area contributed by atoms with Crippen LogP contribution < -0.4 is 10.1 Å². The third-order valence-corrected chi connectivity index (χ3v) is 3.00. The van der Waals surface area contributed by atoms with Crippen molar-refractivity contribution in [2.24, 2.45) is 0 Å². The largest absolute Gasteiger partial charge is 0.490 e. The zero-order valence-corrected chi connectivity index (χ0v) is 10.6. The average Bonchev–Trinajstić information content (AvgIpc) is 2.82. The number of hydrogen-bond acceptors (Lipinski definition) is 3. The molecule has 0 aromatic heterocycles. The first kappa shape index (κ1) is 12.9. The lowest BCUT2D eigenvalue weighted by atomic mass is 10.2. The molecule has 1 aromatic carbocycles. The van der Waals surface area contributed by atoms with E-state index in [2.05, 4.69) is 5.32 Å². The Kier molecular flexibility index (Phi) is 4.59. The minimum absolute atomic E-state index is 0.0632. The fourth-order valence-corrected chi connectivity index (χ4v) is 2.17. The topological polar surface area (TPSA) is 47.6 Å². The van der Waals surface area contributed by atoms with E-state index in [1.54, 1.807) is 0 Å². The number of amides is 1. The van der Waals surface area contributed by atoms with Gasteiger partial charge in [-0.3, -0.25) is 4.79 Å². The summed E-state index contributed by atoms with van der Waals surface area (Å²) in [5, 5.41) is 2.76. The molecule has 0 heterocycles. The molecule has 0 bridgehead atoms. The van der Waals surface area contributed by atoms with E-state index in [0.29, 0.717) is 6.10 Å². The van der Waals surface area contributed by atoms with Gasteiger partial charge in [-0.15, -0.1) is 0 Å². The third kappa shape index (κ3) is 3.74. The Bertz CT molecular complexity index is 400. The highest BCUT2D eigenvalue weighted by Gasteiger charge is 2.16. The van der Waals surface area contributed by atoms with Crippen LogP contribution in [-0.4, -0.2) is 25.7 Å². The van der Waals surface area contributed by atoms with Gasteiger partial charge in [-0.1, -0.05) is 6.07 Å². The maximum absolute atomic E-state index is 11.4. The van der Waals surface area contributed by atoms with Crippen molar-refractivity contribution in [2.45, 2.75) is 31.8 Å². The number of anilines is 1. The minimum Gasteiger partial charge on any atom is -0.490 e. The summed E-state index contributed by atoms with van der Waals surface area (Å²) in [6.07, 6.45) is 5.07. The Morgan fingerprint density at radius 3 is 2.89 bits per heavy atom. The normalized spacial score (nSPS) is 15.6. The number of hydrogen-bond donors (Lipinski definition) is 1. The molecule has 1 aliphatic carbocycles. The lowest BCUT2D eigenvalue weighted by Gasteiger charge is -2.14. The molecule has 0 saturated heterocycles. The van der Waals surface area contributed by atoms with Crippen molar-refractivity contribution in [3.8, 4) is 5.75 Å². The molecule has 1 N–H and O–H groups in total. The van der Waals surface area contributed by atoms with Crippen LogP contribution in [0.3, 0.4) is 0 Å². The Balaban J connectivity index is 1.93. The second kappa shape index (κ2) is 6.40. The first-order valence-electron chi connectivity index (χ1n) is 6.33. The van der Waals surface area contributed by atoms with Crippen LogP contribution in [0.4, 0.5) is 5.69 Å². The number of nitrogens with one attached hydrogen (secondary N) is 1. The first-order chi connectivity index (χ1) is 8.78. The molecular formula is C14H19NO3. The van der Waals surface area contributed by atoms with E-state index >= 15 is 0 Å². The molecule has 1 saturated carbocycles. The van der Waals surface area contributed by atoms with Crippen molar-refractivity contribution in [1.82, 2.24) is 0 Å². The summed E-state index contributed by atoms with van der Waals surface area (Å²) in [4.78, 5) is 11.4. The molecular weight excluding hydrogens is 230 g/mol. The van der Waals surface area contributed by atoms with Crippen molar-refractivity contribution >= 4 is 11.6 Å². The predicted molar refractivity (Wildman–Crippen MR) is 69.8 cm³/mol. The molecule has 4 heteroatoms. The molecule has 18 heavy (non-hydrogen) atoms. The smallest absolute Gasteiger partial charge is 0.250 e. The fourth-order valence-electron chi connectivity index (χ4n) is 2.17. The lowest BCUT2D eigenvalue weighted by Crippen LogP contribution is -2.17. The van der Waals surface area contributed by atoms with E-state index in [1.165, 1.54) is 20.0 Å². The maximum atomic E-state index is 11.4. The number of benzene rings is 1. The molecule has 0 atom stereocenters. The van der Waals surface area contributed by atoms with Crippen molar-refractivity contribution in [2.75, 3.05) is 19.0 Å².